The third kappa shape index (κ3) is 4.68. The van der Waals surface area contributed by atoms with Crippen molar-refractivity contribution in [2.75, 3.05) is 7.11 Å². The minimum Gasteiger partial charge on any atom is -0.508 e. The fourth-order valence-electron chi connectivity index (χ4n) is 1.56. The number of nitrogens with one attached hydrogen (secondary N) is 1. The van der Waals surface area contributed by atoms with Crippen LogP contribution in [0.25, 0.3) is 0 Å². The number of carboxylic acid groups (broad SMARTS) is 1. The van der Waals surface area contributed by atoms with Gasteiger partial charge in [0.2, 0.25) is 0 Å². The largest absolute Gasteiger partial charge is 0.508 e. The summed E-state index contributed by atoms with van der Waals surface area (Å²) in [6.07, 6.45) is -0.340. The summed E-state index contributed by atoms with van der Waals surface area (Å²) < 4.78 is 4.39. The summed E-state index contributed by atoms with van der Waals surface area (Å²) in [5, 5.41) is 30.0. The van der Waals surface area contributed by atoms with Crippen LogP contribution >= 0.6 is 0 Å². The Morgan fingerprint density at radius 2 is 1.95 bits per heavy atom. The average molecular weight is 297 g/mol. The van der Waals surface area contributed by atoms with Crippen LogP contribution < -0.4 is 5.32 Å². The molecule has 0 aliphatic heterocycles. The molecule has 114 valence electrons. The predicted octanol–water partition coefficient (Wildman–Crippen LogP) is 0.234. The van der Waals surface area contributed by atoms with Crippen molar-refractivity contribution in [2.24, 2.45) is 0 Å². The van der Waals surface area contributed by atoms with Crippen molar-refractivity contribution in [2.45, 2.75) is 18.9 Å². The Kier molecular flexibility index (Phi) is 5.53. The molecule has 0 heterocycles. The Hall–Kier alpha value is -2.77. The lowest BCUT2D eigenvalue weighted by Gasteiger charge is -2.14. The molecule has 0 radical (unpaired) electrons. The van der Waals surface area contributed by atoms with Gasteiger partial charge in [-0.3, -0.25) is 9.59 Å². The molecule has 1 rings (SSSR count). The second kappa shape index (κ2) is 7.13. The van der Waals surface area contributed by atoms with E-state index in [0.29, 0.717) is 0 Å². The first-order chi connectivity index (χ1) is 9.85. The molecule has 0 bridgehead atoms. The van der Waals surface area contributed by atoms with E-state index in [1.54, 1.807) is 0 Å². The minimum absolute atomic E-state index is 0.159. The molecule has 0 aliphatic carbocycles. The highest BCUT2D eigenvalue weighted by molar-refractivity contribution is 5.99. The normalized spacial score (nSPS) is 11.5. The number of ether oxygens (including phenoxy) is 1. The van der Waals surface area contributed by atoms with E-state index in [4.69, 9.17) is 5.11 Å². The molecule has 1 amide bonds. The Morgan fingerprint density at radius 3 is 2.52 bits per heavy atom. The van der Waals surface area contributed by atoms with E-state index in [0.717, 1.165) is 12.1 Å². The summed E-state index contributed by atoms with van der Waals surface area (Å²) in [5.74, 6) is -3.45. The fraction of sp³-hybridized carbons (Fsp3) is 0.308. The zero-order valence-corrected chi connectivity index (χ0v) is 11.2. The van der Waals surface area contributed by atoms with Crippen LogP contribution in [0, 0.1) is 0 Å². The molecule has 8 nitrogen and oxygen atoms in total. The van der Waals surface area contributed by atoms with Gasteiger partial charge in [0, 0.05) is 6.42 Å². The summed E-state index contributed by atoms with van der Waals surface area (Å²) in [6.45, 7) is 0. The Balaban J connectivity index is 2.79. The van der Waals surface area contributed by atoms with Crippen molar-refractivity contribution < 1.29 is 34.4 Å². The van der Waals surface area contributed by atoms with Crippen molar-refractivity contribution in [3.8, 4) is 11.5 Å². The molecule has 0 spiro atoms. The molecule has 4 N–H and O–H groups in total. The van der Waals surface area contributed by atoms with Crippen LogP contribution in [0.5, 0.6) is 11.5 Å². The lowest BCUT2D eigenvalue weighted by atomic mass is 10.1. The maximum absolute atomic E-state index is 11.9. The van der Waals surface area contributed by atoms with Crippen LogP contribution in [0.1, 0.15) is 23.2 Å². The van der Waals surface area contributed by atoms with Crippen molar-refractivity contribution >= 4 is 17.8 Å². The Bertz CT molecular complexity index is 555. The maximum atomic E-state index is 11.9. The molecule has 21 heavy (non-hydrogen) atoms. The molecule has 1 unspecified atom stereocenters. The zero-order valence-electron chi connectivity index (χ0n) is 11.2. The van der Waals surface area contributed by atoms with Gasteiger partial charge in [0.05, 0.1) is 12.7 Å². The first kappa shape index (κ1) is 16.3. The molecule has 0 fully saturated rings. The van der Waals surface area contributed by atoms with Crippen LogP contribution in [-0.2, 0) is 14.3 Å². The van der Waals surface area contributed by atoms with Crippen LogP contribution in [0.15, 0.2) is 18.2 Å². The SMILES string of the molecule is COC(=O)CCC(NC(=O)c1cc(O)ccc1O)C(=O)O. The van der Waals surface area contributed by atoms with Gasteiger partial charge in [-0.2, -0.15) is 0 Å². The summed E-state index contributed by atoms with van der Waals surface area (Å²) in [4.78, 5) is 33.9. The number of aliphatic carboxylic acids is 1. The average Bonchev–Trinajstić information content (AvgIpc) is 2.44. The smallest absolute Gasteiger partial charge is 0.326 e. The van der Waals surface area contributed by atoms with E-state index >= 15 is 0 Å². The molecule has 0 saturated heterocycles. The van der Waals surface area contributed by atoms with Gasteiger partial charge in [-0.05, 0) is 24.6 Å². The number of hydrogen-bond acceptors (Lipinski definition) is 6. The highest BCUT2D eigenvalue weighted by Crippen LogP contribution is 2.22. The van der Waals surface area contributed by atoms with Gasteiger partial charge in [0.15, 0.2) is 0 Å². The van der Waals surface area contributed by atoms with Gasteiger partial charge in [0.1, 0.15) is 17.5 Å². The van der Waals surface area contributed by atoms with Gasteiger partial charge < -0.3 is 25.4 Å². The molecular formula is C13H15NO7. The van der Waals surface area contributed by atoms with E-state index in [1.165, 1.54) is 13.2 Å². The summed E-state index contributed by atoms with van der Waals surface area (Å²) in [6, 6.07) is 1.97. The van der Waals surface area contributed by atoms with Gasteiger partial charge in [-0.15, -0.1) is 0 Å². The number of phenols is 2. The molecule has 0 aromatic heterocycles. The molecular weight excluding hydrogens is 282 g/mol. The second-order valence-corrected chi connectivity index (χ2v) is 4.18. The van der Waals surface area contributed by atoms with Crippen LogP contribution in [0.2, 0.25) is 0 Å². The van der Waals surface area contributed by atoms with Gasteiger partial charge in [0.25, 0.3) is 5.91 Å². The first-order valence-corrected chi connectivity index (χ1v) is 5.97. The van der Waals surface area contributed by atoms with Gasteiger partial charge >= 0.3 is 11.9 Å². The highest BCUT2D eigenvalue weighted by atomic mass is 16.5. The van der Waals surface area contributed by atoms with Crippen molar-refractivity contribution in [3.05, 3.63) is 23.8 Å². The number of rotatable bonds is 6. The molecule has 1 aromatic rings. The number of benzene rings is 1. The monoisotopic (exact) mass is 297 g/mol. The van der Waals surface area contributed by atoms with E-state index < -0.39 is 29.6 Å². The molecule has 1 atom stereocenters. The summed E-state index contributed by atoms with van der Waals surface area (Å²) in [7, 11) is 1.17. The van der Waals surface area contributed by atoms with E-state index in [9.17, 15) is 24.6 Å². The quantitative estimate of drug-likeness (QED) is 0.436. The standard InChI is InChI=1S/C13H15NO7/c1-21-11(17)5-3-9(13(19)20)14-12(18)8-6-7(15)2-4-10(8)16/h2,4,6,9,15-16H,3,5H2,1H3,(H,14,18)(H,19,20). The van der Waals surface area contributed by atoms with Crippen molar-refractivity contribution in [1.29, 1.82) is 0 Å². The number of methoxy groups -OCH3 is 1. The lowest BCUT2D eigenvalue weighted by Crippen LogP contribution is -2.41. The summed E-state index contributed by atoms with van der Waals surface area (Å²) >= 11 is 0. The van der Waals surface area contributed by atoms with E-state index in [1.807, 2.05) is 0 Å². The number of amides is 1. The number of phenolic OH excluding ortho intramolecular Hbond substituents is 2. The summed E-state index contributed by atoms with van der Waals surface area (Å²) in [5.41, 5.74) is -0.265. The zero-order chi connectivity index (χ0) is 16.0. The predicted molar refractivity (Wildman–Crippen MR) is 69.9 cm³/mol. The number of carbonyl (C=O) groups is 3. The Labute approximate surface area is 120 Å². The lowest BCUT2D eigenvalue weighted by molar-refractivity contribution is -0.142. The molecule has 0 aliphatic rings. The minimum atomic E-state index is -1.33. The topological polar surface area (TPSA) is 133 Å². The van der Waals surface area contributed by atoms with Crippen LogP contribution in [0.3, 0.4) is 0 Å². The first-order valence-electron chi connectivity index (χ1n) is 5.97. The third-order valence-corrected chi connectivity index (χ3v) is 2.69. The second-order valence-electron chi connectivity index (χ2n) is 4.18. The number of carboxylic acids is 1. The van der Waals surface area contributed by atoms with Crippen LogP contribution in [-0.4, -0.2) is 46.3 Å². The van der Waals surface area contributed by atoms with Gasteiger partial charge in [-0.1, -0.05) is 0 Å². The number of aromatic hydroxyl groups is 2. The Morgan fingerprint density at radius 1 is 1.29 bits per heavy atom. The highest BCUT2D eigenvalue weighted by Gasteiger charge is 2.23. The molecule has 1 aromatic carbocycles. The van der Waals surface area contributed by atoms with E-state index in [-0.39, 0.29) is 24.2 Å². The van der Waals surface area contributed by atoms with Crippen LogP contribution in [0.4, 0.5) is 0 Å². The van der Waals surface area contributed by atoms with E-state index in [2.05, 4.69) is 10.1 Å². The number of hydrogen-bond donors (Lipinski definition) is 4. The third-order valence-electron chi connectivity index (χ3n) is 2.69. The van der Waals surface area contributed by atoms with Crippen molar-refractivity contribution in [1.82, 2.24) is 5.32 Å². The van der Waals surface area contributed by atoms with Gasteiger partial charge in [-0.25, -0.2) is 4.79 Å². The molecule has 8 heteroatoms. The fourth-order valence-corrected chi connectivity index (χ4v) is 1.56. The maximum Gasteiger partial charge on any atom is 0.326 e. The number of carbonyl (C=O) groups excluding carboxylic acids is 2. The number of esters is 1. The van der Waals surface area contributed by atoms with Crippen molar-refractivity contribution in [3.63, 3.8) is 0 Å². The molecule has 0 saturated carbocycles.